The molecule has 0 bridgehead atoms. The summed E-state index contributed by atoms with van der Waals surface area (Å²) in [5, 5.41) is 10.0. The molecule has 0 radical (unpaired) electrons. The Morgan fingerprint density at radius 3 is 2.52 bits per heavy atom. The summed E-state index contributed by atoms with van der Waals surface area (Å²) < 4.78 is 0. The Kier molecular flexibility index (Phi) is 3.95. The van der Waals surface area contributed by atoms with E-state index in [1.165, 1.54) is 35.4 Å². The molecular weight excluding hydrogens is 290 g/mol. The van der Waals surface area contributed by atoms with Gasteiger partial charge in [-0.1, -0.05) is 0 Å². The molecule has 0 saturated heterocycles. The van der Waals surface area contributed by atoms with Crippen molar-refractivity contribution in [1.29, 1.82) is 0 Å². The van der Waals surface area contributed by atoms with Gasteiger partial charge < -0.3 is 15.7 Å². The Balaban J connectivity index is 2.45. The maximum atomic E-state index is 12.5. The van der Waals surface area contributed by atoms with Crippen molar-refractivity contribution in [2.45, 2.75) is 13.8 Å². The molecule has 2 rings (SSSR count). The predicted octanol–water partition coefficient (Wildman–Crippen LogP) is 2.32. The molecule has 2 aromatic rings. The van der Waals surface area contributed by atoms with E-state index >= 15 is 0 Å². The Bertz CT molecular complexity index is 724. The molecule has 0 saturated carbocycles. The van der Waals surface area contributed by atoms with Gasteiger partial charge in [-0.05, 0) is 32.0 Å². The number of amides is 1. The fourth-order valence-corrected chi connectivity index (χ4v) is 2.90. The van der Waals surface area contributed by atoms with Crippen LogP contribution in [0.25, 0.3) is 0 Å². The van der Waals surface area contributed by atoms with Crippen molar-refractivity contribution in [3.8, 4) is 0 Å². The number of anilines is 2. The SMILES string of the molecule is Cc1nc(C)c(C(=O)N(C)c2ccc(N)cc2C(=O)O)s1. The van der Waals surface area contributed by atoms with E-state index in [-0.39, 0.29) is 11.5 Å². The topological polar surface area (TPSA) is 96.5 Å². The van der Waals surface area contributed by atoms with Crippen LogP contribution in [-0.4, -0.2) is 29.0 Å². The quantitative estimate of drug-likeness (QED) is 0.848. The first kappa shape index (κ1) is 15.0. The average molecular weight is 305 g/mol. The molecule has 3 N–H and O–H groups in total. The normalized spacial score (nSPS) is 10.4. The van der Waals surface area contributed by atoms with Crippen molar-refractivity contribution in [1.82, 2.24) is 4.98 Å². The molecule has 110 valence electrons. The van der Waals surface area contributed by atoms with Gasteiger partial charge in [0.05, 0.1) is 22.0 Å². The minimum absolute atomic E-state index is 0.00950. The van der Waals surface area contributed by atoms with Crippen LogP contribution in [0.1, 0.15) is 30.7 Å². The van der Waals surface area contributed by atoms with Gasteiger partial charge in [-0.15, -0.1) is 11.3 Å². The number of carbonyl (C=O) groups is 2. The fourth-order valence-electron chi connectivity index (χ4n) is 2.01. The van der Waals surface area contributed by atoms with Crippen LogP contribution in [0, 0.1) is 13.8 Å². The number of carbonyl (C=O) groups excluding carboxylic acids is 1. The first-order valence-electron chi connectivity index (χ1n) is 6.16. The van der Waals surface area contributed by atoms with Gasteiger partial charge in [0.25, 0.3) is 5.91 Å². The standard InChI is InChI=1S/C14H15N3O3S/c1-7-12(21-8(2)16-7)13(18)17(3)11-5-4-9(15)6-10(11)14(19)20/h4-6H,15H2,1-3H3,(H,19,20). The van der Waals surface area contributed by atoms with Crippen LogP contribution in [0.5, 0.6) is 0 Å². The molecule has 1 amide bonds. The van der Waals surface area contributed by atoms with Gasteiger partial charge in [-0.25, -0.2) is 9.78 Å². The van der Waals surface area contributed by atoms with E-state index in [2.05, 4.69) is 4.98 Å². The van der Waals surface area contributed by atoms with E-state index in [1.54, 1.807) is 13.0 Å². The number of nitrogens with zero attached hydrogens (tertiary/aromatic N) is 2. The third-order valence-electron chi connectivity index (χ3n) is 3.01. The van der Waals surface area contributed by atoms with Gasteiger partial charge in [0.1, 0.15) is 4.88 Å². The molecule has 1 heterocycles. The minimum Gasteiger partial charge on any atom is -0.478 e. The number of rotatable bonds is 3. The van der Waals surface area contributed by atoms with Crippen LogP contribution in [0.2, 0.25) is 0 Å². The van der Waals surface area contributed by atoms with E-state index in [0.29, 0.717) is 21.9 Å². The highest BCUT2D eigenvalue weighted by Crippen LogP contribution is 2.26. The Labute approximate surface area is 125 Å². The summed E-state index contributed by atoms with van der Waals surface area (Å²) in [6.07, 6.45) is 0. The maximum absolute atomic E-state index is 12.5. The van der Waals surface area contributed by atoms with Crippen LogP contribution in [-0.2, 0) is 0 Å². The number of hydrogen-bond donors (Lipinski definition) is 2. The molecule has 1 aromatic heterocycles. The zero-order chi connectivity index (χ0) is 15.7. The monoisotopic (exact) mass is 305 g/mol. The molecule has 1 aromatic carbocycles. The Hall–Kier alpha value is -2.41. The molecule has 21 heavy (non-hydrogen) atoms. The molecule has 0 fully saturated rings. The molecule has 0 atom stereocenters. The molecular formula is C14H15N3O3S. The number of carboxylic acid groups (broad SMARTS) is 1. The third kappa shape index (κ3) is 2.87. The summed E-state index contributed by atoms with van der Waals surface area (Å²) in [5.41, 5.74) is 6.87. The summed E-state index contributed by atoms with van der Waals surface area (Å²) in [6.45, 7) is 3.58. The number of aromatic nitrogens is 1. The smallest absolute Gasteiger partial charge is 0.337 e. The van der Waals surface area contributed by atoms with E-state index in [0.717, 1.165) is 5.01 Å². The Morgan fingerprint density at radius 1 is 1.33 bits per heavy atom. The summed E-state index contributed by atoms with van der Waals surface area (Å²) in [7, 11) is 1.54. The second kappa shape index (κ2) is 5.53. The zero-order valence-corrected chi connectivity index (χ0v) is 12.7. The van der Waals surface area contributed by atoms with Crippen molar-refractivity contribution in [2.24, 2.45) is 0 Å². The number of thiazole rings is 1. The highest BCUT2D eigenvalue weighted by atomic mass is 32.1. The number of aryl methyl sites for hydroxylation is 2. The zero-order valence-electron chi connectivity index (χ0n) is 11.9. The minimum atomic E-state index is -1.13. The number of hydrogen-bond acceptors (Lipinski definition) is 5. The number of aromatic carboxylic acids is 1. The van der Waals surface area contributed by atoms with Gasteiger partial charge in [0.15, 0.2) is 0 Å². The lowest BCUT2D eigenvalue weighted by Crippen LogP contribution is -2.27. The van der Waals surface area contributed by atoms with Gasteiger partial charge in [-0.3, -0.25) is 4.79 Å². The number of benzene rings is 1. The van der Waals surface area contributed by atoms with Crippen molar-refractivity contribution >= 4 is 34.6 Å². The summed E-state index contributed by atoms with van der Waals surface area (Å²) in [5.74, 6) is -1.42. The van der Waals surface area contributed by atoms with E-state index < -0.39 is 5.97 Å². The Morgan fingerprint density at radius 2 is 2.00 bits per heavy atom. The van der Waals surface area contributed by atoms with Crippen LogP contribution >= 0.6 is 11.3 Å². The van der Waals surface area contributed by atoms with Crippen LogP contribution in [0.15, 0.2) is 18.2 Å². The van der Waals surface area contributed by atoms with Crippen molar-refractivity contribution in [2.75, 3.05) is 17.7 Å². The second-order valence-corrected chi connectivity index (χ2v) is 5.80. The number of nitrogens with two attached hydrogens (primary N) is 1. The molecule has 0 unspecified atom stereocenters. The van der Waals surface area contributed by atoms with Crippen LogP contribution in [0.3, 0.4) is 0 Å². The first-order valence-corrected chi connectivity index (χ1v) is 6.97. The number of nitrogen functional groups attached to an aromatic ring is 1. The van der Waals surface area contributed by atoms with E-state index in [4.69, 9.17) is 5.73 Å². The predicted molar refractivity (Wildman–Crippen MR) is 82.1 cm³/mol. The van der Waals surface area contributed by atoms with E-state index in [1.807, 2.05) is 6.92 Å². The lowest BCUT2D eigenvalue weighted by molar-refractivity contribution is 0.0698. The van der Waals surface area contributed by atoms with Gasteiger partial charge in [-0.2, -0.15) is 0 Å². The molecule has 0 spiro atoms. The summed E-state index contributed by atoms with van der Waals surface area (Å²) in [6, 6.07) is 4.43. The fraction of sp³-hybridized carbons (Fsp3) is 0.214. The van der Waals surface area contributed by atoms with Crippen molar-refractivity contribution < 1.29 is 14.7 Å². The highest BCUT2D eigenvalue weighted by Gasteiger charge is 2.23. The maximum Gasteiger partial charge on any atom is 0.337 e. The highest BCUT2D eigenvalue weighted by molar-refractivity contribution is 7.13. The largest absolute Gasteiger partial charge is 0.478 e. The van der Waals surface area contributed by atoms with Crippen molar-refractivity contribution in [3.05, 3.63) is 39.3 Å². The van der Waals surface area contributed by atoms with Crippen LogP contribution in [0.4, 0.5) is 11.4 Å². The van der Waals surface area contributed by atoms with Gasteiger partial charge >= 0.3 is 5.97 Å². The molecule has 0 aliphatic heterocycles. The molecule has 6 nitrogen and oxygen atoms in total. The first-order chi connectivity index (χ1) is 9.81. The lowest BCUT2D eigenvalue weighted by atomic mass is 10.1. The second-order valence-electron chi connectivity index (χ2n) is 4.59. The van der Waals surface area contributed by atoms with Crippen molar-refractivity contribution in [3.63, 3.8) is 0 Å². The third-order valence-corrected chi connectivity index (χ3v) is 4.08. The summed E-state index contributed by atoms with van der Waals surface area (Å²) >= 11 is 1.29. The molecule has 0 aliphatic rings. The molecule has 0 aliphatic carbocycles. The van der Waals surface area contributed by atoms with Crippen LogP contribution < -0.4 is 10.6 Å². The molecule has 7 heteroatoms. The lowest BCUT2D eigenvalue weighted by Gasteiger charge is -2.19. The average Bonchev–Trinajstić information content (AvgIpc) is 2.76. The number of carboxylic acids is 1. The van der Waals surface area contributed by atoms with Gasteiger partial charge in [0.2, 0.25) is 0 Å². The van der Waals surface area contributed by atoms with Gasteiger partial charge in [0, 0.05) is 12.7 Å². The van der Waals surface area contributed by atoms with E-state index in [9.17, 15) is 14.7 Å². The summed E-state index contributed by atoms with van der Waals surface area (Å²) in [4.78, 5) is 29.8.